The molecule has 4 nitrogen and oxygen atoms in total. The van der Waals surface area contributed by atoms with E-state index in [1.165, 1.54) is 0 Å². The number of hydrogen-bond acceptors (Lipinski definition) is 3. The molecule has 0 spiro atoms. The van der Waals surface area contributed by atoms with Gasteiger partial charge in [0.15, 0.2) is 0 Å². The Morgan fingerprint density at radius 3 is 2.29 bits per heavy atom. The lowest BCUT2D eigenvalue weighted by molar-refractivity contribution is -0.0856. The number of rotatable bonds is 5. The fourth-order valence-electron chi connectivity index (χ4n) is 2.47. The Balaban J connectivity index is 2.48. The SMILES string of the molecule is C=C(C)CCOC1(CC)CCN(C(=O)OC(C)(C)C)CC1. The van der Waals surface area contributed by atoms with E-state index in [0.29, 0.717) is 13.1 Å². The molecule has 0 aliphatic carbocycles. The van der Waals surface area contributed by atoms with Crippen LogP contribution in [-0.4, -0.2) is 41.9 Å². The van der Waals surface area contributed by atoms with E-state index in [0.717, 1.165) is 37.9 Å². The number of nitrogens with zero attached hydrogens (tertiary/aromatic N) is 1. The molecule has 1 saturated heterocycles. The predicted molar refractivity (Wildman–Crippen MR) is 85.4 cm³/mol. The lowest BCUT2D eigenvalue weighted by atomic mass is 9.88. The minimum absolute atomic E-state index is 0.0893. The summed E-state index contributed by atoms with van der Waals surface area (Å²) < 4.78 is 11.5. The molecule has 1 fully saturated rings. The van der Waals surface area contributed by atoms with Crippen LogP contribution in [0.4, 0.5) is 4.79 Å². The lowest BCUT2D eigenvalue weighted by Crippen LogP contribution is -2.49. The third kappa shape index (κ3) is 6.08. The van der Waals surface area contributed by atoms with Gasteiger partial charge in [-0.2, -0.15) is 0 Å². The van der Waals surface area contributed by atoms with E-state index >= 15 is 0 Å². The van der Waals surface area contributed by atoms with Gasteiger partial charge in [0.1, 0.15) is 5.60 Å². The average molecular weight is 297 g/mol. The molecular weight excluding hydrogens is 266 g/mol. The molecule has 0 radical (unpaired) electrons. The molecule has 1 aliphatic rings. The van der Waals surface area contributed by atoms with Crippen molar-refractivity contribution in [1.82, 2.24) is 4.90 Å². The molecule has 0 atom stereocenters. The first kappa shape index (κ1) is 18.0. The van der Waals surface area contributed by atoms with Gasteiger partial charge in [-0.15, -0.1) is 6.58 Å². The van der Waals surface area contributed by atoms with Crippen molar-refractivity contribution in [2.75, 3.05) is 19.7 Å². The number of hydrogen-bond donors (Lipinski definition) is 0. The Kier molecular flexibility index (Phi) is 6.26. The molecule has 0 aromatic rings. The highest BCUT2D eigenvalue weighted by molar-refractivity contribution is 5.68. The summed E-state index contributed by atoms with van der Waals surface area (Å²) in [6.07, 6.45) is 3.41. The zero-order chi connectivity index (χ0) is 16.1. The summed E-state index contributed by atoms with van der Waals surface area (Å²) in [5.41, 5.74) is 0.620. The first-order valence-electron chi connectivity index (χ1n) is 7.94. The predicted octanol–water partition coefficient (Wildman–Crippen LogP) is 4.15. The zero-order valence-electron chi connectivity index (χ0n) is 14.3. The van der Waals surface area contributed by atoms with Crippen molar-refractivity contribution in [3.63, 3.8) is 0 Å². The van der Waals surface area contributed by atoms with Crippen LogP contribution in [0.5, 0.6) is 0 Å². The van der Waals surface area contributed by atoms with E-state index in [4.69, 9.17) is 9.47 Å². The third-order valence-corrected chi connectivity index (χ3v) is 3.91. The van der Waals surface area contributed by atoms with Crippen molar-refractivity contribution in [1.29, 1.82) is 0 Å². The molecule has 1 amide bonds. The first-order valence-corrected chi connectivity index (χ1v) is 7.94. The zero-order valence-corrected chi connectivity index (χ0v) is 14.3. The lowest BCUT2D eigenvalue weighted by Gasteiger charge is -2.41. The van der Waals surface area contributed by atoms with Crippen LogP contribution >= 0.6 is 0 Å². The second-order valence-electron chi connectivity index (χ2n) is 7.06. The van der Waals surface area contributed by atoms with E-state index in [2.05, 4.69) is 13.5 Å². The highest BCUT2D eigenvalue weighted by Crippen LogP contribution is 2.30. The Morgan fingerprint density at radius 2 is 1.86 bits per heavy atom. The standard InChI is InChI=1S/C17H31NO3/c1-7-17(20-13-8-14(2)3)9-11-18(12-10-17)15(19)21-16(4,5)6/h2,7-13H2,1,3-6H3. The summed E-state index contributed by atoms with van der Waals surface area (Å²) in [6, 6.07) is 0. The van der Waals surface area contributed by atoms with Crippen LogP contribution in [-0.2, 0) is 9.47 Å². The molecule has 21 heavy (non-hydrogen) atoms. The van der Waals surface area contributed by atoms with E-state index in [1.807, 2.05) is 27.7 Å². The second kappa shape index (κ2) is 7.30. The van der Waals surface area contributed by atoms with Gasteiger partial charge in [0, 0.05) is 13.1 Å². The van der Waals surface area contributed by atoms with E-state index in [9.17, 15) is 4.79 Å². The highest BCUT2D eigenvalue weighted by Gasteiger charge is 2.36. The van der Waals surface area contributed by atoms with Gasteiger partial charge in [-0.25, -0.2) is 4.79 Å². The quantitative estimate of drug-likeness (QED) is 0.716. The van der Waals surface area contributed by atoms with Gasteiger partial charge in [-0.1, -0.05) is 12.5 Å². The number of amides is 1. The molecule has 1 rings (SSSR count). The summed E-state index contributed by atoms with van der Waals surface area (Å²) in [6.45, 7) is 15.9. The monoisotopic (exact) mass is 297 g/mol. The van der Waals surface area contributed by atoms with E-state index in [1.54, 1.807) is 4.90 Å². The first-order chi connectivity index (χ1) is 9.67. The summed E-state index contributed by atoms with van der Waals surface area (Å²) >= 11 is 0. The van der Waals surface area contributed by atoms with Crippen molar-refractivity contribution in [2.24, 2.45) is 0 Å². The van der Waals surface area contributed by atoms with Crippen molar-refractivity contribution in [2.45, 2.75) is 71.5 Å². The molecule has 0 aromatic heterocycles. The van der Waals surface area contributed by atoms with Crippen LogP contribution in [0.1, 0.15) is 60.3 Å². The Labute approximate surface area is 129 Å². The Morgan fingerprint density at radius 1 is 1.29 bits per heavy atom. The molecule has 0 N–H and O–H groups in total. The minimum Gasteiger partial charge on any atom is -0.444 e. The van der Waals surface area contributed by atoms with Crippen molar-refractivity contribution < 1.29 is 14.3 Å². The fourth-order valence-corrected chi connectivity index (χ4v) is 2.47. The van der Waals surface area contributed by atoms with E-state index < -0.39 is 5.60 Å². The molecular formula is C17H31NO3. The Hall–Kier alpha value is -1.03. The minimum atomic E-state index is -0.436. The van der Waals surface area contributed by atoms with Crippen LogP contribution in [0, 0.1) is 0 Å². The van der Waals surface area contributed by atoms with E-state index in [-0.39, 0.29) is 11.7 Å². The molecule has 1 aliphatic heterocycles. The molecule has 0 bridgehead atoms. The number of ether oxygens (including phenoxy) is 2. The Bertz CT molecular complexity index is 363. The molecule has 122 valence electrons. The molecule has 0 unspecified atom stereocenters. The van der Waals surface area contributed by atoms with Gasteiger partial charge in [0.25, 0.3) is 0 Å². The van der Waals surface area contributed by atoms with Crippen molar-refractivity contribution >= 4 is 6.09 Å². The second-order valence-corrected chi connectivity index (χ2v) is 7.06. The van der Waals surface area contributed by atoms with Gasteiger partial charge in [0.05, 0.1) is 12.2 Å². The number of piperidine rings is 1. The van der Waals surface area contributed by atoms with Crippen LogP contribution < -0.4 is 0 Å². The molecule has 0 aromatic carbocycles. The summed E-state index contributed by atoms with van der Waals surface area (Å²) in [5.74, 6) is 0. The van der Waals surface area contributed by atoms with Crippen LogP contribution in [0.3, 0.4) is 0 Å². The summed E-state index contributed by atoms with van der Waals surface area (Å²) in [4.78, 5) is 13.9. The van der Waals surface area contributed by atoms with Crippen LogP contribution in [0.25, 0.3) is 0 Å². The number of carbonyl (C=O) groups excluding carboxylic acids is 1. The molecule has 0 saturated carbocycles. The number of likely N-dealkylation sites (tertiary alicyclic amines) is 1. The average Bonchev–Trinajstić information content (AvgIpc) is 2.37. The molecule has 1 heterocycles. The largest absolute Gasteiger partial charge is 0.444 e. The van der Waals surface area contributed by atoms with Gasteiger partial charge < -0.3 is 14.4 Å². The van der Waals surface area contributed by atoms with Gasteiger partial charge in [-0.05, 0) is 53.4 Å². The van der Waals surface area contributed by atoms with Gasteiger partial charge >= 0.3 is 6.09 Å². The summed E-state index contributed by atoms with van der Waals surface area (Å²) in [5, 5.41) is 0. The van der Waals surface area contributed by atoms with Crippen molar-refractivity contribution in [3.05, 3.63) is 12.2 Å². The maximum absolute atomic E-state index is 12.1. The smallest absolute Gasteiger partial charge is 0.410 e. The fraction of sp³-hybridized carbons (Fsp3) is 0.824. The topological polar surface area (TPSA) is 38.8 Å². The van der Waals surface area contributed by atoms with Gasteiger partial charge in [-0.3, -0.25) is 0 Å². The molecule has 4 heteroatoms. The number of carbonyl (C=O) groups is 1. The maximum Gasteiger partial charge on any atom is 0.410 e. The van der Waals surface area contributed by atoms with Crippen LogP contribution in [0.15, 0.2) is 12.2 Å². The maximum atomic E-state index is 12.1. The highest BCUT2D eigenvalue weighted by atomic mass is 16.6. The van der Waals surface area contributed by atoms with Gasteiger partial charge in [0.2, 0.25) is 0 Å². The summed E-state index contributed by atoms with van der Waals surface area (Å²) in [7, 11) is 0. The van der Waals surface area contributed by atoms with Crippen molar-refractivity contribution in [3.8, 4) is 0 Å². The van der Waals surface area contributed by atoms with Crippen LogP contribution in [0.2, 0.25) is 0 Å². The normalized spacial score (nSPS) is 18.4. The third-order valence-electron chi connectivity index (χ3n) is 3.91.